The Morgan fingerprint density at radius 1 is 1.32 bits per heavy atom. The van der Waals surface area contributed by atoms with Gasteiger partial charge in [-0.1, -0.05) is 23.8 Å². The van der Waals surface area contributed by atoms with E-state index in [1.165, 1.54) is 6.08 Å². The third-order valence-electron chi connectivity index (χ3n) is 4.65. The van der Waals surface area contributed by atoms with Crippen molar-refractivity contribution in [2.24, 2.45) is 5.92 Å². The van der Waals surface area contributed by atoms with Gasteiger partial charge in [0, 0.05) is 5.69 Å². The maximum absolute atomic E-state index is 13.3. The molecule has 1 aromatic carbocycles. The van der Waals surface area contributed by atoms with Crippen molar-refractivity contribution < 1.29 is 14.3 Å². The molecule has 0 bridgehead atoms. The van der Waals surface area contributed by atoms with Crippen LogP contribution in [-0.4, -0.2) is 24.0 Å². The Hall–Kier alpha value is -2.46. The van der Waals surface area contributed by atoms with Gasteiger partial charge < -0.3 is 4.74 Å². The Kier molecular flexibility index (Phi) is 4.73. The summed E-state index contributed by atoms with van der Waals surface area (Å²) in [6.07, 6.45) is 6.42. The second-order valence-electron chi connectivity index (χ2n) is 6.79. The number of carbonyl (C=O) groups is 2. The van der Waals surface area contributed by atoms with Crippen molar-refractivity contribution in [1.29, 1.82) is 0 Å². The first kappa shape index (κ1) is 17.4. The number of rotatable bonds is 4. The fourth-order valence-corrected chi connectivity index (χ4v) is 3.24. The molecule has 0 saturated carbocycles. The minimum absolute atomic E-state index is 0.0155. The third kappa shape index (κ3) is 3.35. The number of allylic oxidation sites excluding steroid dienone is 3. The number of ether oxygens (including phenoxy) is 1. The number of hydrogen-bond acceptors (Lipinski definition) is 3. The predicted octanol–water partition coefficient (Wildman–Crippen LogP) is 3.80. The van der Waals surface area contributed by atoms with Crippen LogP contribution in [0.3, 0.4) is 0 Å². The van der Waals surface area contributed by atoms with E-state index in [4.69, 9.17) is 4.74 Å². The maximum atomic E-state index is 13.3. The predicted molar refractivity (Wildman–Crippen MR) is 98.1 cm³/mol. The molecule has 1 saturated heterocycles. The fraction of sp³-hybridized carbons (Fsp3) is 0.333. The highest BCUT2D eigenvalue weighted by Gasteiger charge is 2.46. The van der Waals surface area contributed by atoms with Gasteiger partial charge in [0.2, 0.25) is 5.91 Å². The number of amides is 1. The lowest BCUT2D eigenvalue weighted by Gasteiger charge is -2.46. The van der Waals surface area contributed by atoms with Gasteiger partial charge in [-0.3, -0.25) is 14.5 Å². The van der Waals surface area contributed by atoms with Crippen LogP contribution in [0, 0.1) is 5.92 Å². The summed E-state index contributed by atoms with van der Waals surface area (Å²) in [7, 11) is 0. The summed E-state index contributed by atoms with van der Waals surface area (Å²) in [6, 6.07) is 9.46. The van der Waals surface area contributed by atoms with Gasteiger partial charge in [-0.2, -0.15) is 0 Å². The molecule has 0 N–H and O–H groups in total. The average Bonchev–Trinajstić information content (AvgIpc) is 2.59. The molecule has 1 aliphatic heterocycles. The number of hydrogen-bond donors (Lipinski definition) is 0. The molecule has 25 heavy (non-hydrogen) atoms. The van der Waals surface area contributed by atoms with E-state index in [1.807, 2.05) is 37.3 Å². The number of carbonyl (C=O) groups excluding carboxylic acids is 2. The second kappa shape index (κ2) is 6.81. The molecule has 4 nitrogen and oxygen atoms in total. The molecule has 2 aliphatic rings. The Bertz CT molecular complexity index is 763. The summed E-state index contributed by atoms with van der Waals surface area (Å²) in [5.41, 5.74) is 1.36. The number of nitrogens with zero attached hydrogens (tertiary/aromatic N) is 1. The van der Waals surface area contributed by atoms with Crippen LogP contribution in [0.5, 0.6) is 0 Å². The molecular formula is C21H23NO3. The number of para-hydroxylation sites is 1. The van der Waals surface area contributed by atoms with Crippen LogP contribution in [0.25, 0.3) is 0 Å². The van der Waals surface area contributed by atoms with E-state index in [0.29, 0.717) is 18.6 Å². The van der Waals surface area contributed by atoms with Crippen molar-refractivity contribution in [1.82, 2.24) is 0 Å². The molecule has 1 fully saturated rings. The summed E-state index contributed by atoms with van der Waals surface area (Å²) in [4.78, 5) is 26.8. The lowest BCUT2D eigenvalue weighted by molar-refractivity contribution is -0.138. The van der Waals surface area contributed by atoms with E-state index in [-0.39, 0.29) is 17.6 Å². The molecule has 130 valence electrons. The topological polar surface area (TPSA) is 46.6 Å². The van der Waals surface area contributed by atoms with Crippen LogP contribution in [0.4, 0.5) is 5.69 Å². The highest BCUT2D eigenvalue weighted by Crippen LogP contribution is 2.37. The van der Waals surface area contributed by atoms with Gasteiger partial charge in [0.1, 0.15) is 0 Å². The summed E-state index contributed by atoms with van der Waals surface area (Å²) >= 11 is 0. The molecule has 3 rings (SSSR count). The molecule has 2 atom stereocenters. The van der Waals surface area contributed by atoms with E-state index in [2.05, 4.69) is 6.58 Å². The zero-order chi connectivity index (χ0) is 18.0. The monoisotopic (exact) mass is 337 g/mol. The van der Waals surface area contributed by atoms with E-state index in [0.717, 1.165) is 17.7 Å². The standard InChI is InChI=1S/C21H23NO3/c1-15(2)9-10-17-14-25-21(12-11-19(23)16(3)13-21)22(20(17)24)18-7-5-4-6-8-18/h4-8,11-13,17H,1,9-10,14H2,2-3H3. The molecule has 1 aliphatic carbocycles. The van der Waals surface area contributed by atoms with Crippen LogP contribution >= 0.6 is 0 Å². The van der Waals surface area contributed by atoms with Gasteiger partial charge >= 0.3 is 0 Å². The summed E-state index contributed by atoms with van der Waals surface area (Å²) in [6.45, 7) is 7.96. The van der Waals surface area contributed by atoms with Crippen molar-refractivity contribution in [3.63, 3.8) is 0 Å². The number of benzene rings is 1. The Morgan fingerprint density at radius 3 is 2.68 bits per heavy atom. The summed E-state index contributed by atoms with van der Waals surface area (Å²) in [5, 5.41) is 0. The smallest absolute Gasteiger partial charge is 0.235 e. The molecule has 0 radical (unpaired) electrons. The SMILES string of the molecule is C=C(C)CCC1COC2(C=CC(=O)C(C)=C2)N(c2ccccc2)C1=O. The first-order chi connectivity index (χ1) is 11.9. The van der Waals surface area contributed by atoms with E-state index < -0.39 is 5.72 Å². The van der Waals surface area contributed by atoms with Crippen molar-refractivity contribution >= 4 is 17.4 Å². The van der Waals surface area contributed by atoms with Crippen LogP contribution in [-0.2, 0) is 14.3 Å². The molecule has 1 aromatic rings. The van der Waals surface area contributed by atoms with Crippen molar-refractivity contribution in [3.8, 4) is 0 Å². The maximum Gasteiger partial charge on any atom is 0.235 e. The Morgan fingerprint density at radius 2 is 2.04 bits per heavy atom. The van der Waals surface area contributed by atoms with E-state index in [1.54, 1.807) is 24.0 Å². The van der Waals surface area contributed by atoms with Gasteiger partial charge in [-0.15, -0.1) is 6.58 Å². The van der Waals surface area contributed by atoms with Crippen LogP contribution < -0.4 is 4.90 Å². The van der Waals surface area contributed by atoms with E-state index >= 15 is 0 Å². The zero-order valence-corrected chi connectivity index (χ0v) is 14.7. The number of anilines is 1. The van der Waals surface area contributed by atoms with Gasteiger partial charge in [0.05, 0.1) is 12.5 Å². The molecular weight excluding hydrogens is 314 g/mol. The molecule has 0 aromatic heterocycles. The largest absolute Gasteiger partial charge is 0.347 e. The van der Waals surface area contributed by atoms with Gasteiger partial charge in [-0.25, -0.2) is 0 Å². The fourth-order valence-electron chi connectivity index (χ4n) is 3.24. The molecule has 1 amide bonds. The summed E-state index contributed by atoms with van der Waals surface area (Å²) in [5.74, 6) is -0.261. The minimum Gasteiger partial charge on any atom is -0.347 e. The van der Waals surface area contributed by atoms with Gasteiger partial charge in [0.15, 0.2) is 11.5 Å². The average molecular weight is 337 g/mol. The minimum atomic E-state index is -1.03. The number of ketones is 1. The highest BCUT2D eigenvalue weighted by molar-refractivity contribution is 6.06. The quantitative estimate of drug-likeness (QED) is 0.785. The highest BCUT2D eigenvalue weighted by atomic mass is 16.5. The van der Waals surface area contributed by atoms with Crippen LogP contribution in [0.2, 0.25) is 0 Å². The van der Waals surface area contributed by atoms with Crippen molar-refractivity contribution in [2.45, 2.75) is 32.4 Å². The lowest BCUT2D eigenvalue weighted by Crippen LogP contribution is -2.60. The lowest BCUT2D eigenvalue weighted by atomic mass is 9.91. The molecule has 1 spiro atoms. The normalized spacial score (nSPS) is 26.1. The van der Waals surface area contributed by atoms with Gasteiger partial charge in [0.25, 0.3) is 0 Å². The molecule has 2 unspecified atom stereocenters. The second-order valence-corrected chi connectivity index (χ2v) is 6.79. The first-order valence-electron chi connectivity index (χ1n) is 8.53. The van der Waals surface area contributed by atoms with Crippen LogP contribution in [0.15, 0.2) is 66.3 Å². The molecule has 1 heterocycles. The van der Waals surface area contributed by atoms with Crippen molar-refractivity contribution in [2.75, 3.05) is 11.5 Å². The Labute approximate surface area is 148 Å². The third-order valence-corrected chi connectivity index (χ3v) is 4.65. The Balaban J connectivity index is 2.00. The van der Waals surface area contributed by atoms with Gasteiger partial charge in [-0.05, 0) is 62.6 Å². The first-order valence-corrected chi connectivity index (χ1v) is 8.53. The summed E-state index contributed by atoms with van der Waals surface area (Å²) < 4.78 is 6.17. The van der Waals surface area contributed by atoms with Crippen molar-refractivity contribution in [3.05, 3.63) is 66.3 Å². The molecule has 4 heteroatoms. The van der Waals surface area contributed by atoms with Crippen LogP contribution in [0.1, 0.15) is 26.7 Å². The zero-order valence-electron chi connectivity index (χ0n) is 14.7. The van der Waals surface area contributed by atoms with E-state index in [9.17, 15) is 9.59 Å².